The number of hydrogen-bond donors (Lipinski definition) is 2. The fourth-order valence-corrected chi connectivity index (χ4v) is 2.54. The number of aliphatic hydroxyl groups excluding tert-OH is 1. The van der Waals surface area contributed by atoms with E-state index < -0.39 is 0 Å². The molecule has 4 nitrogen and oxygen atoms in total. The van der Waals surface area contributed by atoms with Gasteiger partial charge in [-0.25, -0.2) is 0 Å². The highest BCUT2D eigenvalue weighted by Crippen LogP contribution is 2.24. The topological polar surface area (TPSA) is 58.7 Å². The maximum absolute atomic E-state index is 9.18. The van der Waals surface area contributed by atoms with Gasteiger partial charge >= 0.3 is 0 Å². The predicted octanol–water partition coefficient (Wildman–Crippen LogP) is -0.0490. The van der Waals surface area contributed by atoms with Crippen molar-refractivity contribution < 1.29 is 9.84 Å². The van der Waals surface area contributed by atoms with Crippen LogP contribution in [0.4, 0.5) is 0 Å². The molecule has 2 heterocycles. The second-order valence-corrected chi connectivity index (χ2v) is 4.90. The summed E-state index contributed by atoms with van der Waals surface area (Å²) in [5, 5.41) is 9.18. The molecule has 2 saturated heterocycles. The second kappa shape index (κ2) is 4.78. The van der Waals surface area contributed by atoms with Gasteiger partial charge in [-0.3, -0.25) is 0 Å². The zero-order valence-electron chi connectivity index (χ0n) is 9.32. The molecule has 0 atom stereocenters. The van der Waals surface area contributed by atoms with E-state index in [2.05, 4.69) is 4.90 Å². The number of piperidine rings is 1. The molecule has 0 aromatic rings. The van der Waals surface area contributed by atoms with Crippen LogP contribution in [-0.2, 0) is 4.74 Å². The van der Waals surface area contributed by atoms with Crippen LogP contribution in [0.1, 0.15) is 25.7 Å². The van der Waals surface area contributed by atoms with Crippen molar-refractivity contribution in [3.63, 3.8) is 0 Å². The van der Waals surface area contributed by atoms with E-state index in [1.165, 1.54) is 0 Å². The highest BCUT2D eigenvalue weighted by Gasteiger charge is 2.32. The number of aliphatic hydroxyl groups is 1. The van der Waals surface area contributed by atoms with Crippen LogP contribution in [0.3, 0.4) is 0 Å². The van der Waals surface area contributed by atoms with Crippen LogP contribution in [0.15, 0.2) is 0 Å². The van der Waals surface area contributed by atoms with Crippen molar-refractivity contribution in [2.45, 2.75) is 37.3 Å². The van der Waals surface area contributed by atoms with Crippen LogP contribution in [0.25, 0.3) is 0 Å². The first-order valence-electron chi connectivity index (χ1n) is 5.95. The number of rotatable bonds is 2. The van der Waals surface area contributed by atoms with Gasteiger partial charge in [0.05, 0.1) is 6.61 Å². The third-order valence-electron chi connectivity index (χ3n) is 3.82. The maximum atomic E-state index is 9.18. The molecule has 0 radical (unpaired) electrons. The van der Waals surface area contributed by atoms with Crippen LogP contribution in [0.5, 0.6) is 0 Å². The number of nitrogens with zero attached hydrogens (tertiary/aromatic N) is 1. The summed E-state index contributed by atoms with van der Waals surface area (Å²) in [7, 11) is 0. The van der Waals surface area contributed by atoms with Crippen LogP contribution in [-0.4, -0.2) is 54.5 Å². The van der Waals surface area contributed by atoms with Gasteiger partial charge in [0.1, 0.15) is 0 Å². The smallest absolute Gasteiger partial charge is 0.0612 e. The van der Waals surface area contributed by atoms with Gasteiger partial charge in [-0.2, -0.15) is 0 Å². The Morgan fingerprint density at radius 1 is 1.27 bits per heavy atom. The van der Waals surface area contributed by atoms with Gasteiger partial charge < -0.3 is 20.5 Å². The average molecular weight is 214 g/mol. The van der Waals surface area contributed by atoms with Crippen molar-refractivity contribution in [1.82, 2.24) is 4.90 Å². The lowest BCUT2D eigenvalue weighted by Crippen LogP contribution is -2.55. The van der Waals surface area contributed by atoms with Crippen molar-refractivity contribution in [1.29, 1.82) is 0 Å². The predicted molar refractivity (Wildman–Crippen MR) is 58.7 cm³/mol. The largest absolute Gasteiger partial charge is 0.394 e. The molecule has 2 rings (SSSR count). The van der Waals surface area contributed by atoms with Gasteiger partial charge in [-0.1, -0.05) is 0 Å². The molecule has 4 heteroatoms. The molecule has 0 saturated carbocycles. The average Bonchev–Trinajstić information content (AvgIpc) is 2.31. The van der Waals surface area contributed by atoms with Gasteiger partial charge in [0.15, 0.2) is 0 Å². The molecule has 2 aliphatic heterocycles. The molecule has 0 bridgehead atoms. The molecule has 0 amide bonds. The Hall–Kier alpha value is -0.160. The number of likely N-dealkylation sites (tertiary alicyclic amines) is 1. The monoisotopic (exact) mass is 214 g/mol. The Bertz CT molecular complexity index is 197. The summed E-state index contributed by atoms with van der Waals surface area (Å²) in [5.41, 5.74) is 5.73. The van der Waals surface area contributed by atoms with Crippen molar-refractivity contribution >= 4 is 0 Å². The third kappa shape index (κ3) is 2.69. The van der Waals surface area contributed by atoms with Crippen LogP contribution in [0, 0.1) is 0 Å². The van der Waals surface area contributed by atoms with E-state index in [0.717, 1.165) is 52.0 Å². The van der Waals surface area contributed by atoms with Crippen LogP contribution >= 0.6 is 0 Å². The lowest BCUT2D eigenvalue weighted by Gasteiger charge is -2.42. The quantitative estimate of drug-likeness (QED) is 0.677. The Kier molecular flexibility index (Phi) is 3.61. The third-order valence-corrected chi connectivity index (χ3v) is 3.82. The first-order valence-corrected chi connectivity index (χ1v) is 5.95. The summed E-state index contributed by atoms with van der Waals surface area (Å²) in [6, 6.07) is 0.682. The molecule has 0 aliphatic carbocycles. The Labute approximate surface area is 91.4 Å². The zero-order chi connectivity index (χ0) is 10.7. The van der Waals surface area contributed by atoms with E-state index in [1.807, 2.05) is 0 Å². The second-order valence-electron chi connectivity index (χ2n) is 4.90. The molecule has 0 spiro atoms. The van der Waals surface area contributed by atoms with Gasteiger partial charge in [0.25, 0.3) is 0 Å². The highest BCUT2D eigenvalue weighted by molar-refractivity contribution is 4.91. The first-order chi connectivity index (χ1) is 7.23. The van der Waals surface area contributed by atoms with Gasteiger partial charge in [0.2, 0.25) is 0 Å². The summed E-state index contributed by atoms with van der Waals surface area (Å²) in [4.78, 5) is 2.52. The zero-order valence-corrected chi connectivity index (χ0v) is 9.32. The van der Waals surface area contributed by atoms with E-state index in [9.17, 15) is 5.11 Å². The summed E-state index contributed by atoms with van der Waals surface area (Å²) in [6.45, 7) is 3.97. The van der Waals surface area contributed by atoms with Crippen molar-refractivity contribution in [2.75, 3.05) is 32.9 Å². The van der Waals surface area contributed by atoms with E-state index in [0.29, 0.717) is 6.04 Å². The molecule has 88 valence electrons. The van der Waals surface area contributed by atoms with E-state index in [-0.39, 0.29) is 12.1 Å². The van der Waals surface area contributed by atoms with Gasteiger partial charge in [-0.05, 0) is 25.7 Å². The van der Waals surface area contributed by atoms with E-state index in [4.69, 9.17) is 10.5 Å². The minimum absolute atomic E-state index is 0.120. The lowest BCUT2D eigenvalue weighted by molar-refractivity contribution is 0.0115. The van der Waals surface area contributed by atoms with E-state index in [1.54, 1.807) is 0 Å². The summed E-state index contributed by atoms with van der Waals surface area (Å²) < 4.78 is 5.36. The molecule has 15 heavy (non-hydrogen) atoms. The molecule has 3 N–H and O–H groups in total. The van der Waals surface area contributed by atoms with Crippen molar-refractivity contribution in [3.05, 3.63) is 0 Å². The normalized spacial score (nSPS) is 29.2. The molecule has 2 aliphatic rings. The highest BCUT2D eigenvalue weighted by atomic mass is 16.5. The van der Waals surface area contributed by atoms with Gasteiger partial charge in [-0.15, -0.1) is 0 Å². The maximum Gasteiger partial charge on any atom is 0.0612 e. The van der Waals surface area contributed by atoms with Crippen molar-refractivity contribution in [2.24, 2.45) is 5.73 Å². The lowest BCUT2D eigenvalue weighted by atomic mass is 9.88. The number of ether oxygens (including phenoxy) is 1. The molecular formula is C11H22N2O2. The van der Waals surface area contributed by atoms with Crippen LogP contribution < -0.4 is 5.73 Å². The summed E-state index contributed by atoms with van der Waals surface area (Å²) in [6.07, 6.45) is 4.13. The summed E-state index contributed by atoms with van der Waals surface area (Å²) >= 11 is 0. The molecular weight excluding hydrogens is 192 g/mol. The van der Waals surface area contributed by atoms with Crippen LogP contribution in [0.2, 0.25) is 0 Å². The standard InChI is InChI=1S/C11H22N2O2/c12-11(9-14)3-5-13(6-4-11)10-1-7-15-8-2-10/h10,14H,1-9,12H2. The SMILES string of the molecule is NC1(CO)CCN(C2CCOCC2)CC1. The Morgan fingerprint density at radius 2 is 1.87 bits per heavy atom. The van der Waals surface area contributed by atoms with Crippen molar-refractivity contribution in [3.8, 4) is 0 Å². The molecule has 0 aromatic heterocycles. The molecule has 0 unspecified atom stereocenters. The number of hydrogen-bond acceptors (Lipinski definition) is 4. The number of nitrogens with two attached hydrogens (primary N) is 1. The molecule has 0 aromatic carbocycles. The fraction of sp³-hybridized carbons (Fsp3) is 1.00. The molecule has 2 fully saturated rings. The fourth-order valence-electron chi connectivity index (χ4n) is 2.54. The summed E-state index contributed by atoms with van der Waals surface area (Å²) in [5.74, 6) is 0. The minimum atomic E-state index is -0.318. The Balaban J connectivity index is 1.82. The van der Waals surface area contributed by atoms with Gasteiger partial charge in [0, 0.05) is 37.9 Å². The van der Waals surface area contributed by atoms with E-state index >= 15 is 0 Å². The first kappa shape index (κ1) is 11.3. The Morgan fingerprint density at radius 3 is 2.40 bits per heavy atom. The minimum Gasteiger partial charge on any atom is -0.394 e.